The summed E-state index contributed by atoms with van der Waals surface area (Å²) in [4.78, 5) is 21.8. The molecule has 0 saturated carbocycles. The molecule has 0 spiro atoms. The molecule has 0 aromatic rings. The highest BCUT2D eigenvalue weighted by Gasteiger charge is 2.16. The van der Waals surface area contributed by atoms with E-state index in [0.717, 1.165) is 0 Å². The predicted molar refractivity (Wildman–Crippen MR) is 56.4 cm³/mol. The Bertz CT molecular complexity index is 270. The Morgan fingerprint density at radius 2 is 1.53 bits per heavy atom. The van der Waals surface area contributed by atoms with Gasteiger partial charge in [0.05, 0.1) is 0 Å². The molecular formula is C8H16N2O4Si. The Hall–Kier alpha value is -1.24. The van der Waals surface area contributed by atoms with Crippen LogP contribution >= 0.6 is 0 Å². The van der Waals surface area contributed by atoms with Crippen molar-refractivity contribution in [2.45, 2.75) is 39.5 Å². The van der Waals surface area contributed by atoms with Gasteiger partial charge in [-0.05, 0) is 33.9 Å². The molecule has 0 aliphatic heterocycles. The molecule has 0 aliphatic carbocycles. The lowest BCUT2D eigenvalue weighted by atomic mass is 10.2. The highest BCUT2D eigenvalue weighted by atomic mass is 28.3. The lowest BCUT2D eigenvalue weighted by Gasteiger charge is -2.16. The van der Waals surface area contributed by atoms with Crippen LogP contribution in [-0.4, -0.2) is 26.8 Å². The van der Waals surface area contributed by atoms with Gasteiger partial charge in [-0.15, -0.1) is 0 Å². The highest BCUT2D eigenvalue weighted by Crippen LogP contribution is 2.08. The van der Waals surface area contributed by atoms with Crippen molar-refractivity contribution in [3.8, 4) is 0 Å². The van der Waals surface area contributed by atoms with Crippen molar-refractivity contribution in [1.82, 2.24) is 0 Å². The molecule has 0 aliphatic rings. The number of amides is 2. The van der Waals surface area contributed by atoms with Crippen LogP contribution in [0.5, 0.6) is 0 Å². The van der Waals surface area contributed by atoms with Crippen molar-refractivity contribution in [1.29, 1.82) is 0 Å². The van der Waals surface area contributed by atoms with Crippen LogP contribution in [0.2, 0.25) is 13.1 Å². The molecule has 0 rings (SSSR count). The summed E-state index contributed by atoms with van der Waals surface area (Å²) in [6, 6.07) is 0. The molecule has 0 N–H and O–H groups in total. The van der Waals surface area contributed by atoms with E-state index in [2.05, 4.69) is 10.2 Å². The van der Waals surface area contributed by atoms with E-state index in [-0.39, 0.29) is 0 Å². The van der Waals surface area contributed by atoms with E-state index in [1.807, 2.05) is 0 Å². The summed E-state index contributed by atoms with van der Waals surface area (Å²) in [7, 11) is -1.49. The van der Waals surface area contributed by atoms with Crippen molar-refractivity contribution >= 4 is 21.2 Å². The topological polar surface area (TPSA) is 77.3 Å². The van der Waals surface area contributed by atoms with Gasteiger partial charge in [0.25, 0.3) is 0 Å². The fraction of sp³-hybridized carbons (Fsp3) is 0.750. The van der Waals surface area contributed by atoms with E-state index >= 15 is 0 Å². The molecule has 2 amide bonds. The Kier molecular flexibility index (Phi) is 5.13. The first kappa shape index (κ1) is 13.8. The van der Waals surface area contributed by atoms with Crippen LogP contribution in [-0.2, 0) is 9.16 Å². The molecule has 0 fully saturated rings. The van der Waals surface area contributed by atoms with Crippen LogP contribution in [0.1, 0.15) is 20.8 Å². The van der Waals surface area contributed by atoms with Crippen molar-refractivity contribution < 1.29 is 18.8 Å². The van der Waals surface area contributed by atoms with Gasteiger partial charge in [0.15, 0.2) is 0 Å². The maximum absolute atomic E-state index is 11.0. The highest BCUT2D eigenvalue weighted by molar-refractivity contribution is 6.50. The molecule has 15 heavy (non-hydrogen) atoms. The number of carbonyl (C=O) groups is 2. The van der Waals surface area contributed by atoms with Gasteiger partial charge < -0.3 is 9.16 Å². The minimum atomic E-state index is -1.49. The second-order valence-electron chi connectivity index (χ2n) is 4.11. The molecule has 86 valence electrons. The fourth-order valence-electron chi connectivity index (χ4n) is 0.589. The number of azo groups is 1. The maximum Gasteiger partial charge on any atom is 0.453 e. The molecule has 6 nitrogen and oxygen atoms in total. The second kappa shape index (κ2) is 5.59. The standard InChI is InChI=1S/C8H16N2O4Si/c1-8(2,3)13-6(11)9-10-7(12)14-15(4)5/h15H,1-5H3. The van der Waals surface area contributed by atoms with Gasteiger partial charge in [0, 0.05) is 0 Å². The summed E-state index contributed by atoms with van der Waals surface area (Å²) in [6.45, 7) is 8.70. The number of hydrogen-bond donors (Lipinski definition) is 0. The molecule has 0 saturated heterocycles. The van der Waals surface area contributed by atoms with Crippen LogP contribution < -0.4 is 0 Å². The molecule has 0 aromatic heterocycles. The van der Waals surface area contributed by atoms with Gasteiger partial charge in [0.2, 0.25) is 9.04 Å². The Morgan fingerprint density at radius 3 is 1.93 bits per heavy atom. The fourth-order valence-corrected chi connectivity index (χ4v) is 1.04. The maximum atomic E-state index is 11.0. The Morgan fingerprint density at radius 1 is 1.07 bits per heavy atom. The van der Waals surface area contributed by atoms with Gasteiger partial charge in [-0.2, -0.15) is 0 Å². The zero-order valence-electron chi connectivity index (χ0n) is 9.60. The lowest BCUT2D eigenvalue weighted by Crippen LogP contribution is -2.21. The number of carbonyl (C=O) groups excluding carboxylic acids is 2. The SMILES string of the molecule is C[SiH](C)OC(=O)N=NC(=O)OC(C)(C)C. The first-order chi connectivity index (χ1) is 6.70. The number of hydrogen-bond acceptors (Lipinski definition) is 4. The van der Waals surface area contributed by atoms with E-state index < -0.39 is 26.8 Å². The third-order valence-electron chi connectivity index (χ3n) is 0.943. The number of nitrogens with zero attached hydrogens (tertiary/aromatic N) is 2. The molecule has 0 heterocycles. The summed E-state index contributed by atoms with van der Waals surface area (Å²) >= 11 is 0. The van der Waals surface area contributed by atoms with Crippen molar-refractivity contribution in [2.24, 2.45) is 10.2 Å². The number of ether oxygens (including phenoxy) is 1. The molecule has 0 aromatic carbocycles. The summed E-state index contributed by atoms with van der Waals surface area (Å²) in [5.41, 5.74) is -0.646. The van der Waals surface area contributed by atoms with Gasteiger partial charge in [-0.1, -0.05) is 10.2 Å². The first-order valence-corrected chi connectivity index (χ1v) is 7.34. The van der Waals surface area contributed by atoms with Crippen LogP contribution in [0.25, 0.3) is 0 Å². The normalized spacial score (nSPS) is 11.9. The average Bonchev–Trinajstić information content (AvgIpc) is 1.96. The minimum absolute atomic E-state index is 0.646. The van der Waals surface area contributed by atoms with Crippen LogP contribution in [0, 0.1) is 0 Å². The van der Waals surface area contributed by atoms with E-state index in [0.29, 0.717) is 0 Å². The average molecular weight is 232 g/mol. The summed E-state index contributed by atoms with van der Waals surface area (Å²) in [5.74, 6) is 0. The van der Waals surface area contributed by atoms with Gasteiger partial charge in [0.1, 0.15) is 5.60 Å². The predicted octanol–water partition coefficient (Wildman–Crippen LogP) is 2.49. The quantitative estimate of drug-likeness (QED) is 0.514. The molecule has 0 bridgehead atoms. The van der Waals surface area contributed by atoms with E-state index in [1.54, 1.807) is 33.9 Å². The van der Waals surface area contributed by atoms with Crippen LogP contribution in [0.4, 0.5) is 9.59 Å². The van der Waals surface area contributed by atoms with Gasteiger partial charge in [-0.25, -0.2) is 9.59 Å². The molecule has 0 atom stereocenters. The van der Waals surface area contributed by atoms with Crippen molar-refractivity contribution in [3.05, 3.63) is 0 Å². The molecule has 7 heteroatoms. The smallest absolute Gasteiger partial charge is 0.453 e. The Balaban J connectivity index is 4.07. The zero-order valence-corrected chi connectivity index (χ0v) is 10.8. The van der Waals surface area contributed by atoms with E-state index in [4.69, 9.17) is 9.16 Å². The molecule has 0 unspecified atom stereocenters. The number of rotatable bonds is 1. The largest absolute Gasteiger partial charge is 0.504 e. The Labute approximate surface area is 90.4 Å². The van der Waals surface area contributed by atoms with Crippen molar-refractivity contribution in [2.75, 3.05) is 0 Å². The van der Waals surface area contributed by atoms with Crippen LogP contribution in [0.15, 0.2) is 10.2 Å². The summed E-state index contributed by atoms with van der Waals surface area (Å²) in [6.07, 6.45) is -1.74. The second-order valence-corrected chi connectivity index (χ2v) is 6.45. The molecular weight excluding hydrogens is 216 g/mol. The summed E-state index contributed by atoms with van der Waals surface area (Å²) in [5, 5.41) is 6.15. The van der Waals surface area contributed by atoms with Crippen LogP contribution in [0.3, 0.4) is 0 Å². The zero-order chi connectivity index (χ0) is 12.1. The third kappa shape index (κ3) is 9.07. The molecule has 0 radical (unpaired) electrons. The monoisotopic (exact) mass is 232 g/mol. The lowest BCUT2D eigenvalue weighted by molar-refractivity contribution is 0.0589. The van der Waals surface area contributed by atoms with Crippen molar-refractivity contribution in [3.63, 3.8) is 0 Å². The first-order valence-electron chi connectivity index (χ1n) is 4.56. The minimum Gasteiger partial charge on any atom is -0.504 e. The summed E-state index contributed by atoms with van der Waals surface area (Å²) < 4.78 is 9.56. The van der Waals surface area contributed by atoms with Gasteiger partial charge in [-0.3, -0.25) is 0 Å². The third-order valence-corrected chi connectivity index (χ3v) is 1.62. The van der Waals surface area contributed by atoms with E-state index in [9.17, 15) is 9.59 Å². The van der Waals surface area contributed by atoms with Gasteiger partial charge >= 0.3 is 12.2 Å². The van der Waals surface area contributed by atoms with E-state index in [1.165, 1.54) is 0 Å².